The molecule has 4 aliphatic rings. The molecule has 3 fully saturated rings. The molecule has 62 heavy (non-hydrogen) atoms. The molecule has 2 amide bonds. The van der Waals surface area contributed by atoms with Crippen LogP contribution in [-0.4, -0.2) is 88.1 Å². The quantitative estimate of drug-likeness (QED) is 0.0797. The van der Waals surface area contributed by atoms with E-state index in [0.29, 0.717) is 18.4 Å². The molecule has 3 unspecified atom stereocenters. The second-order valence-electron chi connectivity index (χ2n) is 18.4. The van der Waals surface area contributed by atoms with Crippen molar-refractivity contribution in [2.24, 2.45) is 28.6 Å². The molecule has 0 spiro atoms. The number of aliphatic hydroxyl groups is 1. The fourth-order valence-electron chi connectivity index (χ4n) is 9.55. The maximum atomic E-state index is 14.7. The number of ether oxygens (including phenoxy) is 4. The largest absolute Gasteiger partial charge is 0.481 e. The van der Waals surface area contributed by atoms with Gasteiger partial charge in [0.1, 0.15) is 18.3 Å². The minimum absolute atomic E-state index is 0.00346. The molecule has 0 radical (unpaired) electrons. The zero-order chi connectivity index (χ0) is 46.4. The Labute approximate surface area is 364 Å². The highest BCUT2D eigenvalue weighted by Gasteiger charge is 2.77. The zero-order valence-corrected chi connectivity index (χ0v) is 37.2. The second-order valence-corrected chi connectivity index (χ2v) is 18.4. The number of amides is 2. The molecule has 2 aromatic carbocycles. The van der Waals surface area contributed by atoms with Crippen LogP contribution in [0.25, 0.3) is 0 Å². The number of carboxylic acid groups (broad SMARTS) is 1. The van der Waals surface area contributed by atoms with Crippen molar-refractivity contribution in [3.8, 4) is 12.8 Å². The fourth-order valence-corrected chi connectivity index (χ4v) is 9.55. The third-order valence-corrected chi connectivity index (χ3v) is 12.9. The van der Waals surface area contributed by atoms with Crippen molar-refractivity contribution in [3.63, 3.8) is 0 Å². The normalized spacial score (nSPS) is 28.5. The maximum Gasteiger partial charge on any atom is 0.338 e. The fraction of sp³-hybridized carbons (Fsp3) is 0.542. The van der Waals surface area contributed by atoms with E-state index >= 15 is 0 Å². The highest BCUT2D eigenvalue weighted by atomic mass is 16.6. The van der Waals surface area contributed by atoms with Crippen LogP contribution in [0.1, 0.15) is 110 Å². The SMILES string of the molecule is C#C.CC(=O)O[C@@H](C(=O)C12C[C@]3(OC(C)=O)CO[C@@H]3CC1[C@@H]2C)C1C(C)=CC[C@@](O)(COC(=O)c2ccccc2)C1(C)C.CC(C)(C)NC(=O)N[C@H](CC(=O)O)c1ccccc1. The molecular weight excluding hydrogens is 797 g/mol. The predicted octanol–water partition coefficient (Wildman–Crippen LogP) is 6.36. The molecule has 14 nitrogen and oxygen atoms in total. The lowest BCUT2D eigenvalue weighted by atomic mass is 9.56. The van der Waals surface area contributed by atoms with Crippen LogP contribution in [-0.2, 0) is 38.1 Å². The Balaban J connectivity index is 0.000000338. The molecule has 9 atom stereocenters. The highest BCUT2D eigenvalue weighted by molar-refractivity contribution is 5.95. The van der Waals surface area contributed by atoms with Gasteiger partial charge in [0.15, 0.2) is 17.5 Å². The van der Waals surface area contributed by atoms with Crippen molar-refractivity contribution in [1.82, 2.24) is 10.6 Å². The average Bonchev–Trinajstić information content (AvgIpc) is 3.77. The van der Waals surface area contributed by atoms with Gasteiger partial charge in [0.25, 0.3) is 0 Å². The molecule has 2 saturated carbocycles. The number of fused-ring (bicyclic) bond motifs is 2. The molecule has 3 aliphatic carbocycles. The molecule has 1 aliphatic heterocycles. The second kappa shape index (κ2) is 19.3. The van der Waals surface area contributed by atoms with E-state index in [-0.39, 0.29) is 61.3 Å². The number of terminal acetylenes is 1. The van der Waals surface area contributed by atoms with Crippen LogP contribution in [0.4, 0.5) is 4.79 Å². The maximum absolute atomic E-state index is 14.7. The number of Topliss-reactive ketones (excluding diaryl/α,β-unsaturated/α-hetero) is 1. The molecular formula is C48H62N2O12. The summed E-state index contributed by atoms with van der Waals surface area (Å²) in [6, 6.07) is 16.7. The lowest BCUT2D eigenvalue weighted by Crippen LogP contribution is -2.65. The van der Waals surface area contributed by atoms with Gasteiger partial charge in [-0.1, -0.05) is 81.0 Å². The van der Waals surface area contributed by atoms with E-state index in [1.807, 2.05) is 72.7 Å². The predicted molar refractivity (Wildman–Crippen MR) is 229 cm³/mol. The van der Waals surface area contributed by atoms with Crippen molar-refractivity contribution < 1.29 is 57.9 Å². The van der Waals surface area contributed by atoms with Crippen LogP contribution in [0.15, 0.2) is 72.3 Å². The Morgan fingerprint density at radius 2 is 1.55 bits per heavy atom. The first-order valence-electron chi connectivity index (χ1n) is 20.8. The summed E-state index contributed by atoms with van der Waals surface area (Å²) in [5, 5.41) is 26.3. The van der Waals surface area contributed by atoms with Gasteiger partial charge in [0.2, 0.25) is 0 Å². The summed E-state index contributed by atoms with van der Waals surface area (Å²) in [7, 11) is 0. The molecule has 336 valence electrons. The first kappa shape index (κ1) is 49.1. The summed E-state index contributed by atoms with van der Waals surface area (Å²) >= 11 is 0. The van der Waals surface area contributed by atoms with Gasteiger partial charge in [-0.05, 0) is 70.1 Å². The molecule has 14 heteroatoms. The Morgan fingerprint density at radius 1 is 0.952 bits per heavy atom. The number of hydrogen-bond acceptors (Lipinski definition) is 11. The molecule has 1 heterocycles. The van der Waals surface area contributed by atoms with E-state index in [0.717, 1.165) is 11.1 Å². The van der Waals surface area contributed by atoms with Crippen molar-refractivity contribution in [2.45, 2.75) is 123 Å². The highest BCUT2D eigenvalue weighted by Crippen LogP contribution is 2.72. The van der Waals surface area contributed by atoms with Gasteiger partial charge in [-0.2, -0.15) is 0 Å². The Bertz CT molecular complexity index is 2020. The summed E-state index contributed by atoms with van der Waals surface area (Å²) in [5.41, 5.74) is -2.71. The number of carboxylic acids is 1. The summed E-state index contributed by atoms with van der Waals surface area (Å²) in [4.78, 5) is 74.5. The molecule has 0 bridgehead atoms. The Kier molecular flexibility index (Phi) is 15.3. The standard InChI is InChI=1S/C32H40O9.C14H20N2O3.C2H2/c1-18-12-13-31(37,17-39-28(36)22-10-8-7-9-11-22)29(5,6)25(18)26(40-20(3)33)27(35)32-15-30(41-21(4)34)16-38-24(30)14-23(32)19(32)2;1-14(2,3)16-13(19)15-11(9-12(17)18)10-7-5-4-6-8-10;1-2/h7-12,19,23-26,37H,13-17H2,1-6H3;4-8,11H,9H2,1-3H3,(H,17,18)(H2,15,16,19);1-2H/t19-,23?,24+,25?,26+,30-,31+,32?;11-;/m01./s1. The number of urea groups is 1. The van der Waals surface area contributed by atoms with Crippen LogP contribution >= 0.6 is 0 Å². The molecule has 6 rings (SSSR count). The number of nitrogens with one attached hydrogen (secondary N) is 2. The lowest BCUT2D eigenvalue weighted by Gasteiger charge is -2.54. The summed E-state index contributed by atoms with van der Waals surface area (Å²) in [6.07, 6.45) is 9.32. The molecule has 1 saturated heterocycles. The number of hydrogen-bond donors (Lipinski definition) is 4. The number of ketones is 1. The molecule has 0 aromatic heterocycles. The number of carbonyl (C=O) groups is 6. The third kappa shape index (κ3) is 10.6. The number of carbonyl (C=O) groups excluding carboxylic acids is 5. The van der Waals surface area contributed by atoms with Gasteiger partial charge in [-0.25, -0.2) is 9.59 Å². The van der Waals surface area contributed by atoms with Gasteiger partial charge < -0.3 is 39.8 Å². The van der Waals surface area contributed by atoms with E-state index in [1.165, 1.54) is 13.8 Å². The first-order valence-corrected chi connectivity index (χ1v) is 20.8. The van der Waals surface area contributed by atoms with Crippen molar-refractivity contribution in [1.29, 1.82) is 0 Å². The van der Waals surface area contributed by atoms with E-state index in [4.69, 9.17) is 24.1 Å². The summed E-state index contributed by atoms with van der Waals surface area (Å²) < 4.78 is 22.9. The average molecular weight is 859 g/mol. The Morgan fingerprint density at radius 3 is 2.06 bits per heavy atom. The van der Waals surface area contributed by atoms with Crippen LogP contribution < -0.4 is 10.6 Å². The van der Waals surface area contributed by atoms with Crippen molar-refractivity contribution in [2.75, 3.05) is 13.2 Å². The van der Waals surface area contributed by atoms with Gasteiger partial charge in [0.05, 0.1) is 24.6 Å². The van der Waals surface area contributed by atoms with Gasteiger partial charge in [-0.3, -0.25) is 19.2 Å². The van der Waals surface area contributed by atoms with Gasteiger partial charge >= 0.3 is 29.9 Å². The van der Waals surface area contributed by atoms with Crippen LogP contribution in [0.5, 0.6) is 0 Å². The van der Waals surface area contributed by atoms with Crippen LogP contribution in [0, 0.1) is 41.4 Å². The van der Waals surface area contributed by atoms with Gasteiger partial charge in [0, 0.05) is 42.6 Å². The monoisotopic (exact) mass is 858 g/mol. The van der Waals surface area contributed by atoms with Crippen LogP contribution in [0.2, 0.25) is 0 Å². The third-order valence-electron chi connectivity index (χ3n) is 12.9. The minimum Gasteiger partial charge on any atom is -0.481 e. The van der Waals surface area contributed by atoms with Gasteiger partial charge in [-0.15, -0.1) is 12.8 Å². The number of esters is 3. The smallest absolute Gasteiger partial charge is 0.338 e. The molecule has 4 N–H and O–H groups in total. The molecule has 2 aromatic rings. The number of rotatable bonds is 12. The van der Waals surface area contributed by atoms with Crippen molar-refractivity contribution >= 4 is 35.7 Å². The van der Waals surface area contributed by atoms with Crippen molar-refractivity contribution in [3.05, 3.63) is 83.4 Å². The van der Waals surface area contributed by atoms with E-state index in [9.17, 15) is 33.9 Å². The zero-order valence-electron chi connectivity index (χ0n) is 37.2. The number of aliphatic carboxylic acids is 1. The first-order chi connectivity index (χ1) is 29.0. The van der Waals surface area contributed by atoms with E-state index in [1.54, 1.807) is 42.5 Å². The lowest BCUT2D eigenvalue weighted by molar-refractivity contribution is -0.271. The summed E-state index contributed by atoms with van der Waals surface area (Å²) in [6.45, 7) is 15.6. The minimum atomic E-state index is -1.54. The summed E-state index contributed by atoms with van der Waals surface area (Å²) in [5.74, 6) is -3.46. The van der Waals surface area contributed by atoms with Crippen LogP contribution in [0.3, 0.4) is 0 Å². The number of benzene rings is 2. The van der Waals surface area contributed by atoms with E-state index in [2.05, 4.69) is 23.5 Å². The topological polar surface area (TPSA) is 204 Å². The van der Waals surface area contributed by atoms with E-state index < -0.39 is 64.0 Å². The Hall–Kier alpha value is -5.52.